The monoisotopic (exact) mass is 359 g/mol. The van der Waals surface area contributed by atoms with Gasteiger partial charge in [-0.1, -0.05) is 0 Å². The van der Waals surface area contributed by atoms with Crippen molar-refractivity contribution in [1.82, 2.24) is 14.6 Å². The van der Waals surface area contributed by atoms with E-state index in [4.69, 9.17) is 5.73 Å². The summed E-state index contributed by atoms with van der Waals surface area (Å²) in [7, 11) is 0. The lowest BCUT2D eigenvalue weighted by molar-refractivity contribution is 0.1000. The topological polar surface area (TPSA) is 85.3 Å². The van der Waals surface area contributed by atoms with Crippen LogP contribution in [0.5, 0.6) is 0 Å². The maximum absolute atomic E-state index is 14.3. The summed E-state index contributed by atoms with van der Waals surface area (Å²) in [6.07, 6.45) is 5.53. The Bertz CT molecular complexity index is 977. The SMILES string of the molecule is C[C@@H](Nc1c(C(N)=O)cnn2cc(-c3ccncc3F)cc12)C(C)(C)F. The molecular formula is C18H19F2N5O. The molecule has 3 aromatic heterocycles. The van der Waals surface area contributed by atoms with Crippen LogP contribution in [0.1, 0.15) is 31.1 Å². The first kappa shape index (κ1) is 17.8. The van der Waals surface area contributed by atoms with Gasteiger partial charge in [0.05, 0.1) is 35.2 Å². The molecule has 0 aromatic carbocycles. The molecule has 0 spiro atoms. The van der Waals surface area contributed by atoms with Crippen LogP contribution in [-0.2, 0) is 0 Å². The Morgan fingerprint density at radius 2 is 2.12 bits per heavy atom. The smallest absolute Gasteiger partial charge is 0.252 e. The van der Waals surface area contributed by atoms with Gasteiger partial charge in [0.1, 0.15) is 11.5 Å². The first-order valence-electron chi connectivity index (χ1n) is 8.05. The van der Waals surface area contributed by atoms with Gasteiger partial charge < -0.3 is 11.1 Å². The molecule has 0 aliphatic rings. The molecule has 0 aliphatic heterocycles. The molecule has 3 heterocycles. The number of fused-ring (bicyclic) bond motifs is 1. The third-order valence-corrected chi connectivity index (χ3v) is 4.38. The summed E-state index contributed by atoms with van der Waals surface area (Å²) < 4.78 is 29.8. The predicted molar refractivity (Wildman–Crippen MR) is 95.2 cm³/mol. The highest BCUT2D eigenvalue weighted by Crippen LogP contribution is 2.31. The minimum Gasteiger partial charge on any atom is -0.377 e. The fourth-order valence-corrected chi connectivity index (χ4v) is 2.54. The first-order chi connectivity index (χ1) is 12.2. The summed E-state index contributed by atoms with van der Waals surface area (Å²) in [6.45, 7) is 4.53. The van der Waals surface area contributed by atoms with Crippen molar-refractivity contribution in [2.24, 2.45) is 5.73 Å². The molecule has 6 nitrogen and oxygen atoms in total. The van der Waals surface area contributed by atoms with Gasteiger partial charge in [-0.25, -0.2) is 13.3 Å². The quantitative estimate of drug-likeness (QED) is 0.733. The number of nitrogens with zero attached hydrogens (tertiary/aromatic N) is 3. The minimum absolute atomic E-state index is 0.133. The number of pyridine rings is 1. The van der Waals surface area contributed by atoms with E-state index in [9.17, 15) is 13.6 Å². The van der Waals surface area contributed by atoms with Gasteiger partial charge in [0.25, 0.3) is 5.91 Å². The number of alkyl halides is 1. The molecule has 136 valence electrons. The van der Waals surface area contributed by atoms with Gasteiger partial charge in [-0.2, -0.15) is 5.10 Å². The Kier molecular flexibility index (Phi) is 4.35. The Labute approximate surface area is 149 Å². The van der Waals surface area contributed by atoms with Crippen LogP contribution in [0.25, 0.3) is 16.6 Å². The molecule has 8 heteroatoms. The summed E-state index contributed by atoms with van der Waals surface area (Å²) in [6, 6.07) is 2.60. The number of carbonyl (C=O) groups is 1. The molecule has 3 N–H and O–H groups in total. The lowest BCUT2D eigenvalue weighted by atomic mass is 10.0. The van der Waals surface area contributed by atoms with E-state index in [1.54, 1.807) is 25.3 Å². The molecular weight excluding hydrogens is 340 g/mol. The van der Waals surface area contributed by atoms with Crippen molar-refractivity contribution in [2.75, 3.05) is 5.32 Å². The second-order valence-corrected chi connectivity index (χ2v) is 6.64. The van der Waals surface area contributed by atoms with E-state index in [-0.39, 0.29) is 5.56 Å². The number of amides is 1. The summed E-state index contributed by atoms with van der Waals surface area (Å²) in [5.74, 6) is -1.17. The number of nitrogens with two attached hydrogens (primary N) is 1. The van der Waals surface area contributed by atoms with Crippen molar-refractivity contribution in [3.05, 3.63) is 48.3 Å². The second-order valence-electron chi connectivity index (χ2n) is 6.64. The third-order valence-electron chi connectivity index (χ3n) is 4.38. The van der Waals surface area contributed by atoms with Crippen LogP contribution in [0.4, 0.5) is 14.5 Å². The summed E-state index contributed by atoms with van der Waals surface area (Å²) >= 11 is 0. The van der Waals surface area contributed by atoms with Crippen molar-refractivity contribution in [2.45, 2.75) is 32.5 Å². The average Bonchev–Trinajstić information content (AvgIpc) is 2.98. The number of nitrogens with one attached hydrogen (secondary N) is 1. The van der Waals surface area contributed by atoms with Crippen molar-refractivity contribution >= 4 is 17.1 Å². The zero-order valence-corrected chi connectivity index (χ0v) is 14.6. The van der Waals surface area contributed by atoms with E-state index in [2.05, 4.69) is 15.4 Å². The molecule has 0 radical (unpaired) electrons. The largest absolute Gasteiger partial charge is 0.377 e. The van der Waals surface area contributed by atoms with Crippen LogP contribution in [0.15, 0.2) is 36.9 Å². The molecule has 3 aromatic rings. The standard InChI is InChI=1S/C18H19F2N5O/c1-10(18(2,3)20)24-16-13(17(21)26)7-23-25-9-11(6-15(16)25)12-4-5-22-8-14(12)19/h4-10,24H,1-3H3,(H2,21,26)/t10-/m1/s1. The van der Waals surface area contributed by atoms with Crippen LogP contribution < -0.4 is 11.1 Å². The van der Waals surface area contributed by atoms with Crippen molar-refractivity contribution in [3.8, 4) is 11.1 Å². The third kappa shape index (κ3) is 3.22. The number of rotatable bonds is 5. The summed E-state index contributed by atoms with van der Waals surface area (Å²) in [5.41, 5.74) is 5.77. The molecule has 1 amide bonds. The number of aromatic nitrogens is 3. The summed E-state index contributed by atoms with van der Waals surface area (Å²) in [4.78, 5) is 15.5. The van der Waals surface area contributed by atoms with E-state index in [1.165, 1.54) is 30.8 Å². The highest BCUT2D eigenvalue weighted by molar-refractivity contribution is 6.02. The van der Waals surface area contributed by atoms with Gasteiger partial charge >= 0.3 is 0 Å². The highest BCUT2D eigenvalue weighted by atomic mass is 19.1. The Morgan fingerprint density at radius 3 is 2.73 bits per heavy atom. The summed E-state index contributed by atoms with van der Waals surface area (Å²) in [5, 5.41) is 7.16. The maximum Gasteiger partial charge on any atom is 0.252 e. The molecule has 3 rings (SSSR count). The van der Waals surface area contributed by atoms with Crippen LogP contribution in [0, 0.1) is 5.82 Å². The normalized spacial score (nSPS) is 13.0. The zero-order chi connectivity index (χ0) is 19.1. The number of anilines is 1. The Balaban J connectivity index is 2.18. The molecule has 0 saturated heterocycles. The molecule has 0 aliphatic carbocycles. The van der Waals surface area contributed by atoms with Gasteiger partial charge in [0.2, 0.25) is 0 Å². The van der Waals surface area contributed by atoms with Crippen LogP contribution in [-0.4, -0.2) is 32.2 Å². The Morgan fingerprint density at radius 1 is 1.38 bits per heavy atom. The van der Waals surface area contributed by atoms with Crippen molar-refractivity contribution < 1.29 is 13.6 Å². The molecule has 0 bridgehead atoms. The average molecular weight is 359 g/mol. The first-order valence-corrected chi connectivity index (χ1v) is 8.05. The molecule has 0 unspecified atom stereocenters. The molecule has 0 saturated carbocycles. The van der Waals surface area contributed by atoms with Gasteiger partial charge in [-0.3, -0.25) is 9.78 Å². The van der Waals surface area contributed by atoms with Crippen LogP contribution in [0.3, 0.4) is 0 Å². The zero-order valence-electron chi connectivity index (χ0n) is 14.6. The van der Waals surface area contributed by atoms with E-state index in [1.807, 2.05) is 0 Å². The lowest BCUT2D eigenvalue weighted by Crippen LogP contribution is -2.36. The van der Waals surface area contributed by atoms with Crippen molar-refractivity contribution in [3.63, 3.8) is 0 Å². The molecule has 0 fully saturated rings. The Hall–Kier alpha value is -3.03. The van der Waals surface area contributed by atoms with E-state index in [0.717, 1.165) is 6.20 Å². The van der Waals surface area contributed by atoms with Crippen molar-refractivity contribution in [1.29, 1.82) is 0 Å². The van der Waals surface area contributed by atoms with Crippen LogP contribution in [0.2, 0.25) is 0 Å². The van der Waals surface area contributed by atoms with E-state index >= 15 is 0 Å². The molecule has 26 heavy (non-hydrogen) atoms. The lowest BCUT2D eigenvalue weighted by Gasteiger charge is -2.26. The highest BCUT2D eigenvalue weighted by Gasteiger charge is 2.27. The molecule has 1 atom stereocenters. The van der Waals surface area contributed by atoms with Crippen LogP contribution >= 0.6 is 0 Å². The van der Waals surface area contributed by atoms with E-state index in [0.29, 0.717) is 22.3 Å². The van der Waals surface area contributed by atoms with Gasteiger partial charge in [-0.15, -0.1) is 0 Å². The number of hydrogen-bond acceptors (Lipinski definition) is 4. The van der Waals surface area contributed by atoms with Gasteiger partial charge in [-0.05, 0) is 32.9 Å². The maximum atomic E-state index is 14.3. The minimum atomic E-state index is -1.54. The fourth-order valence-electron chi connectivity index (χ4n) is 2.54. The number of hydrogen-bond donors (Lipinski definition) is 2. The van der Waals surface area contributed by atoms with Gasteiger partial charge in [0.15, 0.2) is 0 Å². The van der Waals surface area contributed by atoms with E-state index < -0.39 is 23.4 Å². The number of primary amides is 1. The fraction of sp³-hybridized carbons (Fsp3) is 0.278. The predicted octanol–water partition coefficient (Wildman–Crippen LogP) is 3.18. The number of carbonyl (C=O) groups excluding carboxylic acids is 1. The second kappa shape index (κ2) is 6.36. The number of halogens is 2. The van der Waals surface area contributed by atoms with Gasteiger partial charge in [0, 0.05) is 23.5 Å².